The van der Waals surface area contributed by atoms with Gasteiger partial charge in [0.25, 0.3) is 5.91 Å². The quantitative estimate of drug-likeness (QED) is 0.722. The molecule has 0 bridgehead atoms. The number of fused-ring (bicyclic) bond motifs is 3. The molecule has 0 saturated carbocycles. The predicted octanol–water partition coefficient (Wildman–Crippen LogP) is 3.46. The van der Waals surface area contributed by atoms with Crippen molar-refractivity contribution < 1.29 is 28.2 Å². The number of ether oxygens (including phenoxy) is 3. The number of benzene rings is 1. The number of pyridine rings is 1. The van der Waals surface area contributed by atoms with E-state index >= 15 is 0 Å². The fourth-order valence-corrected chi connectivity index (χ4v) is 4.58. The molecule has 2 aromatic rings. The molecule has 2 amide bonds. The minimum absolute atomic E-state index is 0.0234. The van der Waals surface area contributed by atoms with Crippen LogP contribution in [0.15, 0.2) is 24.4 Å². The third kappa shape index (κ3) is 4.51. The molecule has 8 nitrogen and oxygen atoms in total. The van der Waals surface area contributed by atoms with E-state index in [1.54, 1.807) is 23.2 Å². The van der Waals surface area contributed by atoms with Crippen LogP contribution in [-0.2, 0) is 11.2 Å². The van der Waals surface area contributed by atoms with E-state index in [0.29, 0.717) is 55.4 Å². The van der Waals surface area contributed by atoms with Crippen LogP contribution in [0.1, 0.15) is 48.2 Å². The van der Waals surface area contributed by atoms with E-state index in [0.717, 1.165) is 16.8 Å². The number of hydrogen-bond acceptors (Lipinski definition) is 6. The van der Waals surface area contributed by atoms with Gasteiger partial charge in [-0.2, -0.15) is 0 Å². The molecule has 4 heterocycles. The van der Waals surface area contributed by atoms with Gasteiger partial charge in [-0.25, -0.2) is 9.37 Å². The second-order valence-corrected chi connectivity index (χ2v) is 9.77. The molecule has 0 unspecified atom stereocenters. The summed E-state index contributed by atoms with van der Waals surface area (Å²) < 4.78 is 31.9. The molecule has 1 fully saturated rings. The van der Waals surface area contributed by atoms with E-state index in [1.165, 1.54) is 13.8 Å². The minimum atomic E-state index is -1.54. The number of alkyl halides is 1. The van der Waals surface area contributed by atoms with Gasteiger partial charge in [0.15, 0.2) is 0 Å². The zero-order valence-electron chi connectivity index (χ0n) is 19.5. The van der Waals surface area contributed by atoms with Gasteiger partial charge in [-0.15, -0.1) is 0 Å². The van der Waals surface area contributed by atoms with Gasteiger partial charge in [0, 0.05) is 25.1 Å². The van der Waals surface area contributed by atoms with Gasteiger partial charge in [0.1, 0.15) is 42.0 Å². The number of carbonyl (C=O) groups is 2. The lowest BCUT2D eigenvalue weighted by molar-refractivity contribution is -0.116. The third-order valence-corrected chi connectivity index (χ3v) is 6.21. The minimum Gasteiger partial charge on any atom is -0.490 e. The van der Waals surface area contributed by atoms with E-state index in [9.17, 15) is 14.0 Å². The summed E-state index contributed by atoms with van der Waals surface area (Å²) in [4.78, 5) is 31.4. The van der Waals surface area contributed by atoms with Crippen molar-refractivity contribution >= 4 is 17.5 Å². The molecule has 180 valence electrons. The zero-order valence-corrected chi connectivity index (χ0v) is 19.5. The monoisotopic (exact) mass is 469 g/mol. The Kier molecular flexibility index (Phi) is 5.58. The van der Waals surface area contributed by atoms with Crippen molar-refractivity contribution in [1.82, 2.24) is 9.88 Å². The Labute approximate surface area is 197 Å². The summed E-state index contributed by atoms with van der Waals surface area (Å²) in [6.07, 6.45) is 3.13. The SMILES string of the molecule is Cc1cc2c(c(OCC(C)(C)F)c1)C(=O)N1C[C@@H](Oc3cc4c(cn3)CCC(=O)N4)C[C@@H]1CO2. The molecule has 0 spiro atoms. The summed E-state index contributed by atoms with van der Waals surface area (Å²) in [6.45, 7) is 5.25. The Bertz CT molecular complexity index is 1150. The number of aryl methyl sites for hydroxylation is 2. The van der Waals surface area contributed by atoms with Crippen LogP contribution < -0.4 is 19.5 Å². The number of carbonyl (C=O) groups excluding carboxylic acids is 2. The second-order valence-electron chi connectivity index (χ2n) is 9.77. The highest BCUT2D eigenvalue weighted by Crippen LogP contribution is 2.38. The number of aromatic nitrogens is 1. The molecule has 2 atom stereocenters. The van der Waals surface area contributed by atoms with Crippen LogP contribution in [0.4, 0.5) is 10.1 Å². The van der Waals surface area contributed by atoms with Gasteiger partial charge >= 0.3 is 0 Å². The average molecular weight is 470 g/mol. The molecule has 1 aromatic heterocycles. The molecule has 3 aliphatic heterocycles. The van der Waals surface area contributed by atoms with Crippen LogP contribution in [0.3, 0.4) is 0 Å². The Morgan fingerprint density at radius 2 is 2.09 bits per heavy atom. The Morgan fingerprint density at radius 1 is 1.26 bits per heavy atom. The molecular weight excluding hydrogens is 441 g/mol. The lowest BCUT2D eigenvalue weighted by Gasteiger charge is -2.22. The fourth-order valence-electron chi connectivity index (χ4n) is 4.58. The van der Waals surface area contributed by atoms with Crippen molar-refractivity contribution in [2.75, 3.05) is 25.1 Å². The molecule has 3 aliphatic rings. The Morgan fingerprint density at radius 3 is 2.88 bits per heavy atom. The van der Waals surface area contributed by atoms with Gasteiger partial charge < -0.3 is 24.4 Å². The van der Waals surface area contributed by atoms with Crippen LogP contribution in [0.25, 0.3) is 0 Å². The normalized spacial score (nSPS) is 21.6. The first-order valence-electron chi connectivity index (χ1n) is 11.5. The topological polar surface area (TPSA) is 90.0 Å². The first kappa shape index (κ1) is 22.4. The maximum atomic E-state index is 14.1. The van der Waals surface area contributed by atoms with E-state index in [2.05, 4.69) is 10.3 Å². The van der Waals surface area contributed by atoms with Gasteiger partial charge in [0.05, 0.1) is 18.3 Å². The second kappa shape index (κ2) is 8.45. The van der Waals surface area contributed by atoms with Crippen molar-refractivity contribution in [3.63, 3.8) is 0 Å². The fraction of sp³-hybridized carbons (Fsp3) is 0.480. The van der Waals surface area contributed by atoms with Crippen molar-refractivity contribution in [1.29, 1.82) is 0 Å². The molecule has 1 aromatic carbocycles. The number of nitrogens with zero attached hydrogens (tertiary/aromatic N) is 2. The lowest BCUT2D eigenvalue weighted by Crippen LogP contribution is -2.37. The van der Waals surface area contributed by atoms with Crippen LogP contribution in [-0.4, -0.2) is 59.3 Å². The number of hydrogen-bond donors (Lipinski definition) is 1. The van der Waals surface area contributed by atoms with E-state index in [4.69, 9.17) is 14.2 Å². The molecule has 1 N–H and O–H groups in total. The summed E-state index contributed by atoms with van der Waals surface area (Å²) in [7, 11) is 0. The molecule has 1 saturated heterocycles. The Balaban J connectivity index is 1.34. The number of nitrogens with one attached hydrogen (secondary N) is 1. The van der Waals surface area contributed by atoms with E-state index in [1.807, 2.05) is 13.0 Å². The summed E-state index contributed by atoms with van der Waals surface area (Å²) in [6, 6.07) is 5.11. The number of rotatable bonds is 5. The maximum Gasteiger partial charge on any atom is 0.261 e. The summed E-state index contributed by atoms with van der Waals surface area (Å²) in [5.74, 6) is 0.936. The summed E-state index contributed by atoms with van der Waals surface area (Å²) in [5.41, 5.74) is 1.34. The lowest BCUT2D eigenvalue weighted by atomic mass is 10.1. The molecule has 5 rings (SSSR count). The molecule has 0 radical (unpaired) electrons. The highest BCUT2D eigenvalue weighted by Gasteiger charge is 2.42. The van der Waals surface area contributed by atoms with E-state index < -0.39 is 5.67 Å². The third-order valence-electron chi connectivity index (χ3n) is 6.21. The van der Waals surface area contributed by atoms with Crippen LogP contribution >= 0.6 is 0 Å². The van der Waals surface area contributed by atoms with Crippen LogP contribution in [0.2, 0.25) is 0 Å². The van der Waals surface area contributed by atoms with Crippen molar-refractivity contribution in [2.45, 2.75) is 57.8 Å². The van der Waals surface area contributed by atoms with Crippen LogP contribution in [0.5, 0.6) is 17.4 Å². The first-order chi connectivity index (χ1) is 16.2. The smallest absolute Gasteiger partial charge is 0.261 e. The molecule has 34 heavy (non-hydrogen) atoms. The Hall–Kier alpha value is -3.36. The van der Waals surface area contributed by atoms with Crippen molar-refractivity contribution in [3.05, 3.63) is 41.1 Å². The number of halogens is 1. The standard InChI is InChI=1S/C25H28FN3O5/c1-14-6-19-23(20(7-14)33-13-25(2,3)26)24(31)29-11-17(8-16(29)12-32-19)34-22-9-18-15(10-27-22)4-5-21(30)28-18/h6-7,9-10,16-17H,4-5,8,11-13H2,1-3H3,(H,28,30)/t16-,17+/m1/s1. The van der Waals surface area contributed by atoms with Crippen molar-refractivity contribution in [3.8, 4) is 17.4 Å². The van der Waals surface area contributed by atoms with Gasteiger partial charge in [0.2, 0.25) is 11.8 Å². The molecule has 9 heteroatoms. The largest absolute Gasteiger partial charge is 0.490 e. The average Bonchev–Trinajstić information content (AvgIpc) is 3.12. The summed E-state index contributed by atoms with van der Waals surface area (Å²) in [5, 5.41) is 2.85. The zero-order chi connectivity index (χ0) is 24.0. The van der Waals surface area contributed by atoms with Crippen LogP contribution in [0, 0.1) is 6.92 Å². The molecular formula is C25H28FN3O5. The van der Waals surface area contributed by atoms with E-state index in [-0.39, 0.29) is 30.6 Å². The van der Waals surface area contributed by atoms with Crippen molar-refractivity contribution in [2.24, 2.45) is 0 Å². The highest BCUT2D eigenvalue weighted by atomic mass is 19.1. The first-order valence-corrected chi connectivity index (χ1v) is 11.5. The van der Waals surface area contributed by atoms with Gasteiger partial charge in [-0.1, -0.05) is 0 Å². The number of amides is 2. The highest BCUT2D eigenvalue weighted by molar-refractivity contribution is 6.00. The van der Waals surface area contributed by atoms with Gasteiger partial charge in [-0.3, -0.25) is 9.59 Å². The number of anilines is 1. The summed E-state index contributed by atoms with van der Waals surface area (Å²) >= 11 is 0. The maximum absolute atomic E-state index is 14.1. The van der Waals surface area contributed by atoms with Gasteiger partial charge in [-0.05, 0) is 50.5 Å². The predicted molar refractivity (Wildman–Crippen MR) is 122 cm³/mol. The molecule has 0 aliphatic carbocycles.